The van der Waals surface area contributed by atoms with Gasteiger partial charge in [-0.05, 0) is 61.9 Å². The van der Waals surface area contributed by atoms with E-state index < -0.39 is 0 Å². The summed E-state index contributed by atoms with van der Waals surface area (Å²) in [4.78, 5) is 0. The summed E-state index contributed by atoms with van der Waals surface area (Å²) in [5.41, 5.74) is 0.950. The molecule has 2 N–H and O–H groups in total. The third-order valence-electron chi connectivity index (χ3n) is 3.57. The summed E-state index contributed by atoms with van der Waals surface area (Å²) in [6.07, 6.45) is 3.89. The number of hydrogen-bond acceptors (Lipinski definition) is 2. The summed E-state index contributed by atoms with van der Waals surface area (Å²) in [7, 11) is 0. The van der Waals surface area contributed by atoms with E-state index in [-0.39, 0.29) is 11.9 Å². The molecule has 2 nitrogen and oxygen atoms in total. The van der Waals surface area contributed by atoms with Crippen LogP contribution in [-0.2, 0) is 6.54 Å². The van der Waals surface area contributed by atoms with Crippen LogP contribution in [0.3, 0.4) is 0 Å². The molecule has 0 bridgehead atoms. The lowest BCUT2D eigenvalue weighted by atomic mass is 9.87. The van der Waals surface area contributed by atoms with Crippen molar-refractivity contribution >= 4 is 15.9 Å². The zero-order chi connectivity index (χ0) is 13.0. The molecule has 1 aromatic carbocycles. The number of aliphatic hydroxyl groups excluding tert-OH is 1. The highest BCUT2D eigenvalue weighted by molar-refractivity contribution is 9.10. The molecule has 1 fully saturated rings. The van der Waals surface area contributed by atoms with Gasteiger partial charge in [-0.2, -0.15) is 0 Å². The van der Waals surface area contributed by atoms with Crippen molar-refractivity contribution in [2.75, 3.05) is 6.54 Å². The molecule has 0 aromatic heterocycles. The SMILES string of the molecule is OC1CCC(CNCc2cc(F)ccc2Br)CC1. The summed E-state index contributed by atoms with van der Waals surface area (Å²) in [5, 5.41) is 12.8. The minimum Gasteiger partial charge on any atom is -0.393 e. The molecule has 0 saturated heterocycles. The van der Waals surface area contributed by atoms with Gasteiger partial charge in [0.2, 0.25) is 0 Å². The van der Waals surface area contributed by atoms with Gasteiger partial charge >= 0.3 is 0 Å². The average Bonchev–Trinajstić information content (AvgIpc) is 2.36. The second-order valence-corrected chi connectivity index (χ2v) is 5.90. The number of halogens is 2. The maximum atomic E-state index is 13.1. The maximum Gasteiger partial charge on any atom is 0.123 e. The number of nitrogens with one attached hydrogen (secondary N) is 1. The fourth-order valence-corrected chi connectivity index (χ4v) is 2.83. The largest absolute Gasteiger partial charge is 0.393 e. The van der Waals surface area contributed by atoms with Crippen LogP contribution in [0.25, 0.3) is 0 Å². The van der Waals surface area contributed by atoms with E-state index in [1.54, 1.807) is 12.1 Å². The van der Waals surface area contributed by atoms with Crippen LogP contribution in [-0.4, -0.2) is 17.8 Å². The first-order valence-corrected chi connectivity index (χ1v) is 7.27. The quantitative estimate of drug-likeness (QED) is 0.894. The molecule has 0 heterocycles. The molecule has 0 aliphatic heterocycles. The van der Waals surface area contributed by atoms with E-state index in [1.165, 1.54) is 6.07 Å². The lowest BCUT2D eigenvalue weighted by molar-refractivity contribution is 0.108. The Hall–Kier alpha value is -0.450. The molecule has 0 amide bonds. The van der Waals surface area contributed by atoms with Crippen LogP contribution < -0.4 is 5.32 Å². The van der Waals surface area contributed by atoms with Gasteiger partial charge in [-0.3, -0.25) is 0 Å². The molecule has 0 atom stereocenters. The van der Waals surface area contributed by atoms with Crippen molar-refractivity contribution < 1.29 is 9.50 Å². The first kappa shape index (κ1) is 14.0. The summed E-state index contributed by atoms with van der Waals surface area (Å²) < 4.78 is 14.0. The smallest absolute Gasteiger partial charge is 0.123 e. The van der Waals surface area contributed by atoms with E-state index in [0.717, 1.165) is 42.3 Å². The minimum absolute atomic E-state index is 0.0985. The Bertz CT molecular complexity index is 391. The van der Waals surface area contributed by atoms with E-state index in [1.807, 2.05) is 0 Å². The zero-order valence-electron chi connectivity index (χ0n) is 10.3. The first-order chi connectivity index (χ1) is 8.65. The van der Waals surface area contributed by atoms with Crippen LogP contribution in [0.4, 0.5) is 4.39 Å². The Morgan fingerprint density at radius 2 is 2.00 bits per heavy atom. The van der Waals surface area contributed by atoms with Gasteiger partial charge in [0.25, 0.3) is 0 Å². The van der Waals surface area contributed by atoms with Gasteiger partial charge in [0, 0.05) is 11.0 Å². The van der Waals surface area contributed by atoms with Crippen molar-refractivity contribution in [2.24, 2.45) is 5.92 Å². The molecule has 0 spiro atoms. The Balaban J connectivity index is 1.76. The van der Waals surface area contributed by atoms with E-state index >= 15 is 0 Å². The topological polar surface area (TPSA) is 32.3 Å². The summed E-state index contributed by atoms with van der Waals surface area (Å²) in [5.74, 6) is 0.441. The fraction of sp³-hybridized carbons (Fsp3) is 0.571. The normalized spacial score (nSPS) is 24.2. The highest BCUT2D eigenvalue weighted by Gasteiger charge is 2.18. The molecule has 18 heavy (non-hydrogen) atoms. The van der Waals surface area contributed by atoms with Gasteiger partial charge in [-0.25, -0.2) is 4.39 Å². The lowest BCUT2D eigenvalue weighted by Gasteiger charge is -2.25. The molecular weight excluding hydrogens is 297 g/mol. The molecule has 4 heteroatoms. The van der Waals surface area contributed by atoms with Gasteiger partial charge < -0.3 is 10.4 Å². The van der Waals surface area contributed by atoms with Crippen molar-refractivity contribution in [3.05, 3.63) is 34.1 Å². The van der Waals surface area contributed by atoms with Crippen LogP contribution >= 0.6 is 15.9 Å². The highest BCUT2D eigenvalue weighted by atomic mass is 79.9. The van der Waals surface area contributed by atoms with Crippen LogP contribution in [0.1, 0.15) is 31.2 Å². The van der Waals surface area contributed by atoms with Gasteiger partial charge in [-0.1, -0.05) is 15.9 Å². The molecule has 1 aliphatic carbocycles. The second-order valence-electron chi connectivity index (χ2n) is 5.04. The second kappa shape index (κ2) is 6.64. The summed E-state index contributed by atoms with van der Waals surface area (Å²) in [6.45, 7) is 1.62. The fourth-order valence-electron chi connectivity index (χ4n) is 2.44. The number of hydrogen-bond donors (Lipinski definition) is 2. The molecule has 2 rings (SSSR count). The Morgan fingerprint density at radius 3 is 2.72 bits per heavy atom. The predicted molar refractivity (Wildman–Crippen MR) is 73.8 cm³/mol. The van der Waals surface area contributed by atoms with E-state index in [0.29, 0.717) is 12.5 Å². The summed E-state index contributed by atoms with van der Waals surface area (Å²) >= 11 is 3.42. The zero-order valence-corrected chi connectivity index (χ0v) is 11.9. The number of rotatable bonds is 4. The molecule has 1 aliphatic rings. The van der Waals surface area contributed by atoms with E-state index in [9.17, 15) is 9.50 Å². The monoisotopic (exact) mass is 315 g/mol. The Labute approximate surface area is 116 Å². The lowest BCUT2D eigenvalue weighted by Crippen LogP contribution is -2.27. The van der Waals surface area contributed by atoms with Crippen molar-refractivity contribution in [1.29, 1.82) is 0 Å². The number of aliphatic hydroxyl groups is 1. The van der Waals surface area contributed by atoms with Gasteiger partial charge in [-0.15, -0.1) is 0 Å². The Morgan fingerprint density at radius 1 is 1.28 bits per heavy atom. The summed E-state index contributed by atoms with van der Waals surface area (Å²) in [6, 6.07) is 4.75. The molecular formula is C14H19BrFNO. The van der Waals surface area contributed by atoms with Crippen LogP contribution in [0.15, 0.2) is 22.7 Å². The van der Waals surface area contributed by atoms with Crippen molar-refractivity contribution in [3.63, 3.8) is 0 Å². The third-order valence-corrected chi connectivity index (χ3v) is 4.35. The minimum atomic E-state index is -0.198. The van der Waals surface area contributed by atoms with Crippen molar-refractivity contribution in [2.45, 2.75) is 38.3 Å². The van der Waals surface area contributed by atoms with E-state index in [4.69, 9.17) is 0 Å². The molecule has 1 saturated carbocycles. The van der Waals surface area contributed by atoms with Gasteiger partial charge in [0.05, 0.1) is 6.10 Å². The van der Waals surface area contributed by atoms with Gasteiger partial charge in [0.15, 0.2) is 0 Å². The highest BCUT2D eigenvalue weighted by Crippen LogP contribution is 2.24. The van der Waals surface area contributed by atoms with Crippen molar-refractivity contribution in [3.8, 4) is 0 Å². The Kier molecular flexibility index (Phi) is 5.15. The first-order valence-electron chi connectivity index (χ1n) is 6.48. The molecule has 0 unspecified atom stereocenters. The van der Waals surface area contributed by atoms with Crippen LogP contribution in [0.5, 0.6) is 0 Å². The average molecular weight is 316 g/mol. The number of benzene rings is 1. The van der Waals surface area contributed by atoms with Crippen LogP contribution in [0.2, 0.25) is 0 Å². The predicted octanol–water partition coefficient (Wildman–Crippen LogP) is 3.23. The molecule has 0 radical (unpaired) electrons. The van der Waals surface area contributed by atoms with Crippen LogP contribution in [0, 0.1) is 11.7 Å². The van der Waals surface area contributed by atoms with Gasteiger partial charge in [0.1, 0.15) is 5.82 Å². The molecule has 100 valence electrons. The third kappa shape index (κ3) is 4.04. The standard InChI is InChI=1S/C14H19BrFNO/c15-14-6-3-12(16)7-11(14)9-17-8-10-1-4-13(18)5-2-10/h3,6-7,10,13,17-18H,1-2,4-5,8-9H2. The molecule has 1 aromatic rings. The maximum absolute atomic E-state index is 13.1. The van der Waals surface area contributed by atoms with Crippen molar-refractivity contribution in [1.82, 2.24) is 5.32 Å². The van der Waals surface area contributed by atoms with E-state index in [2.05, 4.69) is 21.2 Å².